The van der Waals surface area contributed by atoms with Gasteiger partial charge in [0.25, 0.3) is 10.0 Å². The molecule has 0 fully saturated rings. The summed E-state index contributed by atoms with van der Waals surface area (Å²) >= 11 is 0. The van der Waals surface area contributed by atoms with Crippen LogP contribution in [0.25, 0.3) is 0 Å². The molecule has 3 rings (SSSR count). The molecule has 0 saturated heterocycles. The molecule has 23 heavy (non-hydrogen) atoms. The minimum absolute atomic E-state index is 0.0794. The molecule has 0 aromatic heterocycles. The highest BCUT2D eigenvalue weighted by Crippen LogP contribution is 2.37. The van der Waals surface area contributed by atoms with Gasteiger partial charge in [0, 0.05) is 6.04 Å². The summed E-state index contributed by atoms with van der Waals surface area (Å²) in [5.74, 6) is 0.723. The molecule has 5 heteroatoms. The van der Waals surface area contributed by atoms with Gasteiger partial charge in [0.05, 0.1) is 17.2 Å². The van der Waals surface area contributed by atoms with Gasteiger partial charge in [0.15, 0.2) is 0 Å². The van der Waals surface area contributed by atoms with Gasteiger partial charge in [0.1, 0.15) is 5.75 Å². The summed E-state index contributed by atoms with van der Waals surface area (Å²) in [5.41, 5.74) is 2.69. The van der Waals surface area contributed by atoms with E-state index < -0.39 is 10.0 Å². The van der Waals surface area contributed by atoms with Gasteiger partial charge in [-0.2, -0.15) is 0 Å². The fourth-order valence-corrected chi connectivity index (χ4v) is 4.90. The lowest BCUT2D eigenvalue weighted by molar-refractivity contribution is 0.337. The maximum atomic E-state index is 13.1. The van der Waals surface area contributed by atoms with Crippen LogP contribution in [0.5, 0.6) is 5.75 Å². The highest BCUT2D eigenvalue weighted by Gasteiger charge is 2.35. The Morgan fingerprint density at radius 3 is 2.65 bits per heavy atom. The molecule has 2 aromatic rings. The van der Waals surface area contributed by atoms with Gasteiger partial charge in [-0.25, -0.2) is 8.42 Å². The van der Waals surface area contributed by atoms with E-state index in [0.717, 1.165) is 29.0 Å². The minimum atomic E-state index is -3.58. The van der Waals surface area contributed by atoms with Gasteiger partial charge in [-0.15, -0.1) is 0 Å². The topological polar surface area (TPSA) is 46.6 Å². The number of fused-ring (bicyclic) bond motifs is 1. The van der Waals surface area contributed by atoms with Crippen molar-refractivity contribution in [3.8, 4) is 5.75 Å². The second-order valence-corrected chi connectivity index (χ2v) is 7.66. The molecule has 0 amide bonds. The molecule has 4 nitrogen and oxygen atoms in total. The molecular weight excluding hydrogens is 310 g/mol. The summed E-state index contributed by atoms with van der Waals surface area (Å²) in [7, 11) is -3.58. The first-order chi connectivity index (χ1) is 10.9. The van der Waals surface area contributed by atoms with Crippen LogP contribution in [0.2, 0.25) is 0 Å². The molecule has 1 aliphatic rings. The number of aryl methyl sites for hydroxylation is 1. The molecule has 2 aromatic carbocycles. The Bertz CT molecular complexity index is 830. The van der Waals surface area contributed by atoms with E-state index in [-0.39, 0.29) is 6.04 Å². The molecule has 0 saturated carbocycles. The van der Waals surface area contributed by atoms with E-state index in [1.807, 2.05) is 45.0 Å². The molecule has 0 N–H and O–H groups in total. The third-order valence-electron chi connectivity index (χ3n) is 4.15. The first-order valence-corrected chi connectivity index (χ1v) is 9.25. The summed E-state index contributed by atoms with van der Waals surface area (Å²) in [6.07, 6.45) is 0.741. The predicted octanol–water partition coefficient (Wildman–Crippen LogP) is 3.53. The molecular formula is C18H21NO3S. The number of hydrogen-bond acceptors (Lipinski definition) is 3. The first-order valence-electron chi connectivity index (χ1n) is 7.81. The molecule has 0 aliphatic carbocycles. The molecule has 0 radical (unpaired) electrons. The lowest BCUT2D eigenvalue weighted by Crippen LogP contribution is -2.35. The Hall–Kier alpha value is -2.01. The fraction of sp³-hybridized carbons (Fsp3) is 0.333. The minimum Gasteiger partial charge on any atom is -0.494 e. The molecule has 1 aliphatic heterocycles. The first kappa shape index (κ1) is 15.9. The highest BCUT2D eigenvalue weighted by molar-refractivity contribution is 7.92. The zero-order chi connectivity index (χ0) is 16.6. The number of nitrogens with zero attached hydrogens (tertiary/aromatic N) is 1. The smallest absolute Gasteiger partial charge is 0.264 e. The van der Waals surface area contributed by atoms with E-state index in [1.54, 1.807) is 18.2 Å². The van der Waals surface area contributed by atoms with Crippen molar-refractivity contribution in [2.75, 3.05) is 10.9 Å². The molecule has 122 valence electrons. The van der Waals surface area contributed by atoms with E-state index >= 15 is 0 Å². The quantitative estimate of drug-likeness (QED) is 0.861. The number of anilines is 1. The molecule has 1 atom stereocenters. The average molecular weight is 331 g/mol. The Labute approximate surface area is 137 Å². The van der Waals surface area contributed by atoms with E-state index in [4.69, 9.17) is 4.74 Å². The van der Waals surface area contributed by atoms with Crippen molar-refractivity contribution in [1.29, 1.82) is 0 Å². The van der Waals surface area contributed by atoms with Crippen LogP contribution in [-0.2, 0) is 16.4 Å². The number of ether oxygens (including phenoxy) is 1. The molecule has 0 unspecified atom stereocenters. The largest absolute Gasteiger partial charge is 0.494 e. The van der Waals surface area contributed by atoms with E-state index in [1.165, 1.54) is 4.31 Å². The van der Waals surface area contributed by atoms with Crippen molar-refractivity contribution in [1.82, 2.24) is 0 Å². The van der Waals surface area contributed by atoms with Crippen LogP contribution < -0.4 is 9.04 Å². The second kappa shape index (κ2) is 5.89. The van der Waals surface area contributed by atoms with Crippen LogP contribution in [0.1, 0.15) is 25.0 Å². The standard InChI is InChI=1S/C18H21NO3S/c1-4-22-18-10-9-16(11-13(18)2)23(20,21)19-14(3)12-15-7-5-6-8-17(15)19/h5-11,14H,4,12H2,1-3H3/t14-/m0/s1. The van der Waals surface area contributed by atoms with Crippen molar-refractivity contribution in [3.63, 3.8) is 0 Å². The van der Waals surface area contributed by atoms with Gasteiger partial charge in [0.2, 0.25) is 0 Å². The summed E-state index contributed by atoms with van der Waals surface area (Å²) in [5, 5.41) is 0. The van der Waals surface area contributed by atoms with Crippen LogP contribution in [0, 0.1) is 6.92 Å². The van der Waals surface area contributed by atoms with Crippen molar-refractivity contribution < 1.29 is 13.2 Å². The molecule has 1 heterocycles. The van der Waals surface area contributed by atoms with Crippen molar-refractivity contribution in [3.05, 3.63) is 53.6 Å². The normalized spacial score (nSPS) is 17.2. The van der Waals surface area contributed by atoms with Crippen LogP contribution in [0.15, 0.2) is 47.4 Å². The Morgan fingerprint density at radius 1 is 1.22 bits per heavy atom. The van der Waals surface area contributed by atoms with Crippen LogP contribution in [0.4, 0.5) is 5.69 Å². The van der Waals surface area contributed by atoms with Crippen molar-refractivity contribution in [2.24, 2.45) is 0 Å². The SMILES string of the molecule is CCOc1ccc(S(=O)(=O)N2c3ccccc3C[C@@H]2C)cc1C. The average Bonchev–Trinajstić information content (AvgIpc) is 2.85. The summed E-state index contributed by atoms with van der Waals surface area (Å²) in [4.78, 5) is 0.307. The second-order valence-electron chi connectivity index (χ2n) is 5.84. The summed E-state index contributed by atoms with van der Waals surface area (Å²) < 4.78 is 33.3. The van der Waals surface area contributed by atoms with Gasteiger partial charge < -0.3 is 4.74 Å². The fourth-order valence-electron chi connectivity index (χ4n) is 3.12. The molecule has 0 bridgehead atoms. The third kappa shape index (κ3) is 2.70. The zero-order valence-corrected chi connectivity index (χ0v) is 14.4. The molecule has 0 spiro atoms. The van der Waals surface area contributed by atoms with Crippen molar-refractivity contribution >= 4 is 15.7 Å². The van der Waals surface area contributed by atoms with E-state index in [2.05, 4.69) is 0 Å². The number of sulfonamides is 1. The van der Waals surface area contributed by atoms with Crippen LogP contribution in [0.3, 0.4) is 0 Å². The Kier molecular flexibility index (Phi) is 4.06. The third-order valence-corrected chi connectivity index (χ3v) is 6.07. The number of para-hydroxylation sites is 1. The Morgan fingerprint density at radius 2 is 1.96 bits per heavy atom. The number of rotatable bonds is 4. The lowest BCUT2D eigenvalue weighted by atomic mass is 10.1. The van der Waals surface area contributed by atoms with Crippen LogP contribution >= 0.6 is 0 Å². The van der Waals surface area contributed by atoms with Gasteiger partial charge in [-0.1, -0.05) is 18.2 Å². The van der Waals surface area contributed by atoms with E-state index in [9.17, 15) is 8.42 Å². The van der Waals surface area contributed by atoms with Gasteiger partial charge in [-0.3, -0.25) is 4.31 Å². The van der Waals surface area contributed by atoms with Crippen LogP contribution in [-0.4, -0.2) is 21.1 Å². The maximum absolute atomic E-state index is 13.1. The van der Waals surface area contributed by atoms with Gasteiger partial charge in [-0.05, 0) is 62.6 Å². The lowest BCUT2D eigenvalue weighted by Gasteiger charge is -2.24. The zero-order valence-electron chi connectivity index (χ0n) is 13.6. The van der Waals surface area contributed by atoms with Crippen molar-refractivity contribution in [2.45, 2.75) is 38.1 Å². The highest BCUT2D eigenvalue weighted by atomic mass is 32.2. The predicted molar refractivity (Wildman–Crippen MR) is 91.6 cm³/mol. The van der Waals surface area contributed by atoms with E-state index in [0.29, 0.717) is 11.5 Å². The number of benzene rings is 2. The van der Waals surface area contributed by atoms with Gasteiger partial charge >= 0.3 is 0 Å². The Balaban J connectivity index is 2.04. The monoisotopic (exact) mass is 331 g/mol. The summed E-state index contributed by atoms with van der Waals surface area (Å²) in [6.45, 7) is 6.28. The number of hydrogen-bond donors (Lipinski definition) is 0. The summed E-state index contributed by atoms with van der Waals surface area (Å²) in [6, 6.07) is 12.7. The maximum Gasteiger partial charge on any atom is 0.264 e.